The van der Waals surface area contributed by atoms with Crippen molar-refractivity contribution < 1.29 is 19.1 Å². The highest BCUT2D eigenvalue weighted by atomic mass is 35.5. The van der Waals surface area contributed by atoms with E-state index in [1.807, 2.05) is 44.2 Å². The summed E-state index contributed by atoms with van der Waals surface area (Å²) in [5.74, 6) is 0.289. The van der Waals surface area contributed by atoms with Crippen LogP contribution in [0.15, 0.2) is 65.2 Å². The zero-order valence-corrected chi connectivity index (χ0v) is 17.5. The molecule has 0 saturated heterocycles. The number of benzene rings is 2. The highest BCUT2D eigenvalue weighted by molar-refractivity contribution is 6.55. The molecule has 1 N–H and O–H groups in total. The van der Waals surface area contributed by atoms with E-state index in [2.05, 4.69) is 5.32 Å². The second-order valence-corrected chi connectivity index (χ2v) is 8.38. The normalized spacial score (nSPS) is 20.1. The molecule has 1 saturated carbocycles. The summed E-state index contributed by atoms with van der Waals surface area (Å²) in [7, 11) is 0. The summed E-state index contributed by atoms with van der Waals surface area (Å²) >= 11 is 11.5. The molecule has 0 aromatic heterocycles. The lowest BCUT2D eigenvalue weighted by atomic mass is 10.1. The monoisotopic (exact) mass is 433 g/mol. The largest absolute Gasteiger partial charge is 0.457 e. The van der Waals surface area contributed by atoms with E-state index < -0.39 is 18.1 Å². The Morgan fingerprint density at radius 3 is 2.45 bits per heavy atom. The molecule has 0 radical (unpaired) electrons. The fourth-order valence-electron chi connectivity index (χ4n) is 3.39. The van der Waals surface area contributed by atoms with Crippen molar-refractivity contribution in [3.8, 4) is 11.5 Å². The summed E-state index contributed by atoms with van der Waals surface area (Å²) < 4.78 is 11.5. The Hall–Kier alpha value is -2.50. The van der Waals surface area contributed by atoms with Crippen molar-refractivity contribution in [1.82, 2.24) is 5.32 Å². The third-order valence-electron chi connectivity index (χ3n) is 5.06. The van der Waals surface area contributed by atoms with Crippen LogP contribution < -0.4 is 10.1 Å². The summed E-state index contributed by atoms with van der Waals surface area (Å²) in [4.78, 5) is 23.8. The topological polar surface area (TPSA) is 64.6 Å². The fraction of sp³-hybridized carbons (Fsp3) is 0.273. The molecule has 0 spiro atoms. The van der Waals surface area contributed by atoms with Crippen molar-refractivity contribution in [1.29, 1.82) is 0 Å². The maximum Gasteiger partial charge on any atom is 0.312 e. The number of esters is 1. The number of halogens is 2. The Balaban J connectivity index is 1.75. The molecular formula is C22H21Cl2NO4. The van der Waals surface area contributed by atoms with E-state index in [0.29, 0.717) is 23.5 Å². The lowest BCUT2D eigenvalue weighted by molar-refractivity contribution is -0.154. The van der Waals surface area contributed by atoms with Gasteiger partial charge < -0.3 is 14.8 Å². The Morgan fingerprint density at radius 1 is 1.10 bits per heavy atom. The highest BCUT2D eigenvalue weighted by Gasteiger charge is 2.62. The van der Waals surface area contributed by atoms with Gasteiger partial charge in [0.2, 0.25) is 12.6 Å². The predicted molar refractivity (Wildman–Crippen MR) is 112 cm³/mol. The fourth-order valence-corrected chi connectivity index (χ4v) is 3.66. The molecule has 1 aliphatic carbocycles. The number of nitrogens with one attached hydrogen (secondary N) is 1. The molecule has 2 aromatic rings. The number of carbonyl (C=O) groups excluding carboxylic acids is 2. The van der Waals surface area contributed by atoms with Gasteiger partial charge in [-0.25, -0.2) is 0 Å². The molecule has 29 heavy (non-hydrogen) atoms. The van der Waals surface area contributed by atoms with E-state index >= 15 is 0 Å². The number of hydrogen-bond acceptors (Lipinski definition) is 4. The van der Waals surface area contributed by atoms with Gasteiger partial charge in [-0.1, -0.05) is 67.4 Å². The second-order valence-electron chi connectivity index (χ2n) is 7.37. The summed E-state index contributed by atoms with van der Waals surface area (Å²) in [5.41, 5.74) is 0.260. The highest BCUT2D eigenvalue weighted by Crippen LogP contribution is 2.60. The Bertz CT molecular complexity index is 910. The van der Waals surface area contributed by atoms with Gasteiger partial charge in [-0.05, 0) is 41.7 Å². The zero-order chi connectivity index (χ0) is 21.0. The van der Waals surface area contributed by atoms with Crippen LogP contribution in [0.2, 0.25) is 0 Å². The minimum absolute atomic E-state index is 0.117. The first kappa shape index (κ1) is 21.2. The van der Waals surface area contributed by atoms with Gasteiger partial charge in [-0.15, -0.1) is 0 Å². The van der Waals surface area contributed by atoms with Gasteiger partial charge in [0.15, 0.2) is 0 Å². The summed E-state index contributed by atoms with van der Waals surface area (Å²) in [6, 6.07) is 16.3. The van der Waals surface area contributed by atoms with Crippen molar-refractivity contribution in [3.05, 3.63) is 70.7 Å². The van der Waals surface area contributed by atoms with Crippen molar-refractivity contribution in [3.63, 3.8) is 0 Å². The molecule has 0 aliphatic heterocycles. The number of para-hydroxylation sites is 1. The number of amides is 1. The van der Waals surface area contributed by atoms with Crippen LogP contribution in [0.4, 0.5) is 0 Å². The van der Waals surface area contributed by atoms with E-state index in [1.54, 1.807) is 30.3 Å². The van der Waals surface area contributed by atoms with Crippen LogP contribution >= 0.6 is 23.2 Å². The predicted octanol–water partition coefficient (Wildman–Crippen LogP) is 5.36. The minimum atomic E-state index is -0.938. The third-order valence-corrected chi connectivity index (χ3v) is 5.32. The molecular weight excluding hydrogens is 413 g/mol. The molecule has 0 unspecified atom stereocenters. The smallest absolute Gasteiger partial charge is 0.312 e. The number of hydrogen-bond donors (Lipinski definition) is 1. The Morgan fingerprint density at radius 2 is 1.79 bits per heavy atom. The van der Waals surface area contributed by atoms with Crippen LogP contribution in [0.3, 0.4) is 0 Å². The van der Waals surface area contributed by atoms with E-state index in [4.69, 9.17) is 32.7 Å². The van der Waals surface area contributed by atoms with E-state index in [9.17, 15) is 9.59 Å². The summed E-state index contributed by atoms with van der Waals surface area (Å²) in [6.07, 6.45) is 1.20. The average molecular weight is 434 g/mol. The second kappa shape index (κ2) is 8.89. The van der Waals surface area contributed by atoms with Crippen LogP contribution in [-0.2, 0) is 14.3 Å². The third kappa shape index (κ3) is 5.11. The molecule has 1 aliphatic rings. The van der Waals surface area contributed by atoms with Crippen molar-refractivity contribution in [2.45, 2.75) is 20.1 Å². The molecule has 152 valence electrons. The standard InChI is InChI=1S/C22H21Cl2NO4/c1-22(2)17(12-18(23)24)19(22)21(27)29-20(25-13-26)14-7-6-10-16(11-14)28-15-8-4-3-5-9-15/h3-13,17,19-20H,1-2H3,(H,25,26)/t17-,19-,20-/m0/s1. The maximum atomic E-state index is 12.7. The van der Waals surface area contributed by atoms with Crippen LogP contribution in [0.1, 0.15) is 25.6 Å². The lowest BCUT2D eigenvalue weighted by Gasteiger charge is -2.18. The number of carbonyl (C=O) groups is 2. The van der Waals surface area contributed by atoms with Gasteiger partial charge in [0.25, 0.3) is 0 Å². The lowest BCUT2D eigenvalue weighted by Crippen LogP contribution is -2.26. The molecule has 0 heterocycles. The maximum absolute atomic E-state index is 12.7. The van der Waals surface area contributed by atoms with E-state index in [-0.39, 0.29) is 15.8 Å². The van der Waals surface area contributed by atoms with Gasteiger partial charge in [-0.2, -0.15) is 0 Å². The van der Waals surface area contributed by atoms with Crippen molar-refractivity contribution >= 4 is 35.6 Å². The van der Waals surface area contributed by atoms with E-state index in [0.717, 1.165) is 0 Å². The number of rotatable bonds is 8. The quantitative estimate of drug-likeness (QED) is 0.345. The summed E-state index contributed by atoms with van der Waals surface area (Å²) in [6.45, 7) is 3.88. The molecule has 1 fully saturated rings. The number of allylic oxidation sites excluding steroid dienone is 1. The van der Waals surface area contributed by atoms with Crippen LogP contribution in [0, 0.1) is 17.3 Å². The Labute approximate surface area is 179 Å². The van der Waals surface area contributed by atoms with Crippen LogP contribution in [-0.4, -0.2) is 12.4 Å². The first-order chi connectivity index (χ1) is 13.8. The van der Waals surface area contributed by atoms with Gasteiger partial charge in [0, 0.05) is 5.56 Å². The first-order valence-electron chi connectivity index (χ1n) is 9.09. The molecule has 0 bridgehead atoms. The first-order valence-corrected chi connectivity index (χ1v) is 9.84. The van der Waals surface area contributed by atoms with Crippen LogP contribution in [0.5, 0.6) is 11.5 Å². The molecule has 1 amide bonds. The minimum Gasteiger partial charge on any atom is -0.457 e. The van der Waals surface area contributed by atoms with Crippen molar-refractivity contribution in [2.24, 2.45) is 17.3 Å². The summed E-state index contributed by atoms with van der Waals surface area (Å²) in [5, 5.41) is 2.54. The molecule has 5 nitrogen and oxygen atoms in total. The van der Waals surface area contributed by atoms with E-state index in [1.165, 1.54) is 0 Å². The van der Waals surface area contributed by atoms with Crippen molar-refractivity contribution in [2.75, 3.05) is 0 Å². The average Bonchev–Trinajstić information content (AvgIpc) is 3.21. The van der Waals surface area contributed by atoms with Gasteiger partial charge in [0.05, 0.1) is 5.92 Å². The van der Waals surface area contributed by atoms with Gasteiger partial charge in [-0.3, -0.25) is 9.59 Å². The van der Waals surface area contributed by atoms with Crippen LogP contribution in [0.25, 0.3) is 0 Å². The molecule has 3 atom stereocenters. The zero-order valence-electron chi connectivity index (χ0n) is 16.0. The Kier molecular flexibility index (Phi) is 6.50. The number of ether oxygens (including phenoxy) is 2. The van der Waals surface area contributed by atoms with Gasteiger partial charge >= 0.3 is 5.97 Å². The SMILES string of the molecule is CC1(C)[C@H](C(=O)O[C@H](NC=O)c2cccc(Oc3ccccc3)c2)[C@@H]1C=C(Cl)Cl. The molecule has 7 heteroatoms. The van der Waals surface area contributed by atoms with Gasteiger partial charge in [0.1, 0.15) is 16.0 Å². The molecule has 3 rings (SSSR count). The molecule has 2 aromatic carbocycles.